The van der Waals surface area contributed by atoms with Crippen LogP contribution in [-0.4, -0.2) is 94.2 Å². The highest BCUT2D eigenvalue weighted by molar-refractivity contribution is 5.87. The quantitative estimate of drug-likeness (QED) is 0.178. The maximum absolute atomic E-state index is 13.4. The van der Waals surface area contributed by atoms with Crippen molar-refractivity contribution in [3.8, 4) is 0 Å². The molecule has 2 unspecified atom stereocenters. The molecule has 2 aromatic heterocycles. The van der Waals surface area contributed by atoms with Gasteiger partial charge in [-0.05, 0) is 13.8 Å². The van der Waals surface area contributed by atoms with Crippen molar-refractivity contribution < 1.29 is 52.3 Å². The first-order chi connectivity index (χ1) is 26.8. The first-order valence-electron chi connectivity index (χ1n) is 18.9. The van der Waals surface area contributed by atoms with E-state index in [4.69, 9.17) is 32.5 Å². The summed E-state index contributed by atoms with van der Waals surface area (Å²) in [4.78, 5) is 35.3. The Morgan fingerprint density at radius 1 is 0.732 bits per heavy atom. The summed E-state index contributed by atoms with van der Waals surface area (Å²) in [5.74, 6) is -0.844. The zero-order valence-electron chi connectivity index (χ0n) is 33.0. The van der Waals surface area contributed by atoms with Gasteiger partial charge in [0.05, 0.1) is 24.7 Å². The second-order valence-corrected chi connectivity index (χ2v) is 15.1. The molecule has 13 nitrogen and oxygen atoms in total. The predicted molar refractivity (Wildman–Crippen MR) is 207 cm³/mol. The standard InChI is InChI=1S/C43H54N2O11/c1-8-14-34(46)42(3,4)36-20-13-18-32-33(54-32)23-22-27(50-7)24-39-45-29(26-52-39)41(49)56-37(43(5,6)35(47)15-9-2)19-12-17-31-30(53-31)16-10-11-21-38-44-28(25-51-38)40(48)55-36/h8-18,21-23,25-27,30-37,46-47H,19-20,24H2,1-7H3/b14-8+,15-9+,16-10-,17-12+,18-13-,21-11+,23-22-/t27-,30-,31+,32?,33?,34-,35-,36-,37+/m0/s1. The number of carbonyl (C=O) groups is 2. The number of cyclic esters (lactones) is 2. The Labute approximate surface area is 328 Å². The van der Waals surface area contributed by atoms with Crippen LogP contribution in [-0.2, 0) is 30.1 Å². The van der Waals surface area contributed by atoms with Crippen LogP contribution < -0.4 is 0 Å². The molecule has 3 aliphatic heterocycles. The van der Waals surface area contributed by atoms with Crippen LogP contribution >= 0.6 is 0 Å². The Balaban J connectivity index is 1.37. The largest absolute Gasteiger partial charge is 0.457 e. The number of rotatable bonds is 7. The highest BCUT2D eigenvalue weighted by Gasteiger charge is 2.41. The van der Waals surface area contributed by atoms with E-state index in [0.717, 1.165) is 0 Å². The fraction of sp³-hybridized carbons (Fsp3) is 0.488. The van der Waals surface area contributed by atoms with E-state index in [1.165, 1.54) is 12.5 Å². The number of methoxy groups -OCH3 is 1. The van der Waals surface area contributed by atoms with E-state index >= 15 is 0 Å². The molecule has 0 radical (unpaired) electrons. The molecule has 3 aliphatic rings. The molecule has 0 amide bonds. The third-order valence-corrected chi connectivity index (χ3v) is 10.2. The van der Waals surface area contributed by atoms with Gasteiger partial charge in [-0.1, -0.05) is 107 Å². The van der Waals surface area contributed by atoms with Gasteiger partial charge in [-0.2, -0.15) is 0 Å². The summed E-state index contributed by atoms with van der Waals surface area (Å²) >= 11 is 0. The zero-order chi connectivity index (χ0) is 40.5. The number of aliphatic hydroxyl groups is 2. The minimum absolute atomic E-state index is 0.00381. The SMILES string of the molecule is C/C=C/[C@H](O)C(C)(C)[C@@H]1C/C=C\C2OC2/C=C\[C@H](OC)Cc2nc(co2)C(=O)O[C@@H](C(C)(C)[C@@H](O)/C=C/C)C/C=C/[C@H]2O[C@H]2/C=C\C=C\c2nc(co2)C(=O)O1. The van der Waals surface area contributed by atoms with Gasteiger partial charge in [0, 0.05) is 36.9 Å². The molecular weight excluding hydrogens is 720 g/mol. The van der Waals surface area contributed by atoms with Gasteiger partial charge < -0.3 is 42.7 Å². The number of epoxide rings is 2. The van der Waals surface area contributed by atoms with Crippen molar-refractivity contribution in [1.82, 2.24) is 9.97 Å². The lowest BCUT2D eigenvalue weighted by molar-refractivity contribution is -0.0461. The number of allylic oxidation sites excluding steroid dienone is 4. The lowest BCUT2D eigenvalue weighted by Crippen LogP contribution is -2.42. The number of hydrogen-bond donors (Lipinski definition) is 2. The number of carbonyl (C=O) groups excluding carboxylic acids is 2. The molecule has 5 rings (SSSR count). The van der Waals surface area contributed by atoms with Gasteiger partial charge in [0.15, 0.2) is 17.3 Å². The van der Waals surface area contributed by atoms with Crippen molar-refractivity contribution in [2.45, 2.75) is 116 Å². The summed E-state index contributed by atoms with van der Waals surface area (Å²) < 4.78 is 40.3. The van der Waals surface area contributed by atoms with Crippen LogP contribution in [0.5, 0.6) is 0 Å². The van der Waals surface area contributed by atoms with Gasteiger partial charge >= 0.3 is 11.9 Å². The number of aliphatic hydroxyl groups excluding tert-OH is 2. The third kappa shape index (κ3) is 11.2. The molecule has 2 aromatic rings. The summed E-state index contributed by atoms with van der Waals surface area (Å²) in [6.07, 6.45) is 24.1. The van der Waals surface area contributed by atoms with Gasteiger partial charge in [0.2, 0.25) is 5.89 Å². The van der Waals surface area contributed by atoms with E-state index in [0.29, 0.717) is 12.8 Å². The molecule has 0 aromatic carbocycles. The molecule has 2 saturated heterocycles. The van der Waals surface area contributed by atoms with Crippen LogP contribution in [0.2, 0.25) is 0 Å². The molecule has 56 heavy (non-hydrogen) atoms. The molecule has 2 fully saturated rings. The maximum Gasteiger partial charge on any atom is 0.360 e. The van der Waals surface area contributed by atoms with E-state index < -0.39 is 53.3 Å². The predicted octanol–water partition coefficient (Wildman–Crippen LogP) is 6.46. The van der Waals surface area contributed by atoms with Crippen LogP contribution in [0.25, 0.3) is 6.08 Å². The summed E-state index contributed by atoms with van der Waals surface area (Å²) in [7, 11) is 1.56. The van der Waals surface area contributed by atoms with Crippen LogP contribution in [0.3, 0.4) is 0 Å². The van der Waals surface area contributed by atoms with Crippen molar-refractivity contribution in [2.24, 2.45) is 10.8 Å². The first-order valence-corrected chi connectivity index (χ1v) is 18.9. The van der Waals surface area contributed by atoms with Crippen molar-refractivity contribution in [2.75, 3.05) is 7.11 Å². The summed E-state index contributed by atoms with van der Waals surface area (Å²) in [5.41, 5.74) is -1.68. The van der Waals surface area contributed by atoms with Crippen molar-refractivity contribution in [1.29, 1.82) is 0 Å². The van der Waals surface area contributed by atoms with Crippen LogP contribution in [0.15, 0.2) is 100 Å². The molecule has 5 heterocycles. The smallest absolute Gasteiger partial charge is 0.360 e. The monoisotopic (exact) mass is 774 g/mol. The lowest BCUT2D eigenvalue weighted by atomic mass is 9.79. The molecular formula is C43H54N2O11. The van der Waals surface area contributed by atoms with Crippen molar-refractivity contribution >= 4 is 18.0 Å². The first kappa shape index (κ1) is 42.5. The fourth-order valence-electron chi connectivity index (χ4n) is 6.10. The average molecular weight is 775 g/mol. The van der Waals surface area contributed by atoms with Crippen molar-refractivity contribution in [3.63, 3.8) is 0 Å². The number of fused-ring (bicyclic) bond motifs is 6. The number of nitrogens with zero attached hydrogens (tertiary/aromatic N) is 2. The highest BCUT2D eigenvalue weighted by atomic mass is 16.6. The number of hydrogen-bond acceptors (Lipinski definition) is 13. The number of aromatic nitrogens is 2. The molecule has 302 valence electrons. The molecule has 0 saturated carbocycles. The maximum atomic E-state index is 13.4. The van der Waals surface area contributed by atoms with Crippen LogP contribution in [0, 0.1) is 10.8 Å². The lowest BCUT2D eigenvalue weighted by Gasteiger charge is -2.36. The molecule has 0 spiro atoms. The normalized spacial score (nSPS) is 30.9. The van der Waals surface area contributed by atoms with Crippen LogP contribution in [0.1, 0.15) is 87.1 Å². The Morgan fingerprint density at radius 3 is 1.80 bits per heavy atom. The summed E-state index contributed by atoms with van der Waals surface area (Å²) in [6, 6.07) is 0. The number of oxazole rings is 2. The molecule has 4 bridgehead atoms. The Kier molecular flexibility index (Phi) is 14.4. The molecule has 9 atom stereocenters. The Hall–Kier alpha value is -4.66. The Morgan fingerprint density at radius 2 is 1.25 bits per heavy atom. The molecule has 2 N–H and O–H groups in total. The number of ether oxygens (including phenoxy) is 5. The van der Waals surface area contributed by atoms with Gasteiger partial charge in [0.1, 0.15) is 49.2 Å². The number of esters is 2. The highest BCUT2D eigenvalue weighted by Crippen LogP contribution is 2.35. The molecule has 13 heteroatoms. The third-order valence-electron chi connectivity index (χ3n) is 10.2. The fourth-order valence-corrected chi connectivity index (χ4v) is 6.10. The average Bonchev–Trinajstić information content (AvgIpc) is 3.96. The zero-order valence-corrected chi connectivity index (χ0v) is 33.0. The van der Waals surface area contributed by atoms with E-state index in [2.05, 4.69) is 9.97 Å². The topological polar surface area (TPSA) is 179 Å². The van der Waals surface area contributed by atoms with E-state index in [-0.39, 0.29) is 54.0 Å². The van der Waals surface area contributed by atoms with Gasteiger partial charge in [-0.15, -0.1) is 0 Å². The van der Waals surface area contributed by atoms with E-state index in [1.54, 1.807) is 49.6 Å². The summed E-state index contributed by atoms with van der Waals surface area (Å²) in [6.45, 7) is 11.0. The summed E-state index contributed by atoms with van der Waals surface area (Å²) in [5, 5.41) is 21.9. The van der Waals surface area contributed by atoms with Gasteiger partial charge in [-0.25, -0.2) is 19.6 Å². The van der Waals surface area contributed by atoms with Gasteiger partial charge in [0.25, 0.3) is 0 Å². The van der Waals surface area contributed by atoms with Crippen molar-refractivity contribution in [3.05, 3.63) is 115 Å². The van der Waals surface area contributed by atoms with E-state index in [9.17, 15) is 19.8 Å². The molecule has 0 aliphatic carbocycles. The van der Waals surface area contributed by atoms with Crippen LogP contribution in [0.4, 0.5) is 0 Å². The van der Waals surface area contributed by atoms with E-state index in [1.807, 2.05) is 84.1 Å². The second-order valence-electron chi connectivity index (χ2n) is 15.1. The minimum Gasteiger partial charge on any atom is -0.457 e. The minimum atomic E-state index is -0.884. The van der Waals surface area contributed by atoms with Gasteiger partial charge in [-0.3, -0.25) is 0 Å². The second kappa shape index (κ2) is 19.0. The Bertz CT molecular complexity index is 1840.